The highest BCUT2D eigenvalue weighted by Gasteiger charge is 2.36. The summed E-state index contributed by atoms with van der Waals surface area (Å²) in [6.07, 6.45) is 1.05. The molecule has 1 aliphatic rings. The quantitative estimate of drug-likeness (QED) is 0.554. The van der Waals surface area contributed by atoms with Gasteiger partial charge in [-0.15, -0.1) is 0 Å². The fraction of sp³-hybridized carbons (Fsp3) is 0.476. The smallest absolute Gasteiger partial charge is 0.257 e. The highest BCUT2D eigenvalue weighted by atomic mass is 32.2. The Labute approximate surface area is 187 Å². The van der Waals surface area contributed by atoms with Crippen LogP contribution in [0.15, 0.2) is 27.6 Å². The predicted molar refractivity (Wildman–Crippen MR) is 118 cm³/mol. The van der Waals surface area contributed by atoms with E-state index in [2.05, 4.69) is 21.3 Å². The molecule has 1 unspecified atom stereocenters. The Hall–Kier alpha value is -2.92. The van der Waals surface area contributed by atoms with Crippen LogP contribution in [0.2, 0.25) is 0 Å². The lowest BCUT2D eigenvalue weighted by Crippen LogP contribution is -2.51. The molecule has 3 N–H and O–H groups in total. The molecule has 0 bridgehead atoms. The molecule has 1 atom stereocenters. The molecular formula is C21H29N5O5S. The Morgan fingerprint density at radius 3 is 2.59 bits per heavy atom. The van der Waals surface area contributed by atoms with E-state index in [-0.39, 0.29) is 29.4 Å². The van der Waals surface area contributed by atoms with E-state index in [1.54, 1.807) is 13.8 Å². The highest BCUT2D eigenvalue weighted by molar-refractivity contribution is 7.89. The maximum atomic E-state index is 13.0. The van der Waals surface area contributed by atoms with E-state index in [9.17, 15) is 18.0 Å². The largest absolute Gasteiger partial charge is 0.376 e. The number of aromatic nitrogens is 1. The van der Waals surface area contributed by atoms with Gasteiger partial charge < -0.3 is 9.84 Å². The van der Waals surface area contributed by atoms with Crippen LogP contribution < -0.4 is 16.2 Å². The number of anilines is 1. The highest BCUT2D eigenvalue weighted by Crippen LogP contribution is 2.27. The molecule has 1 saturated heterocycles. The van der Waals surface area contributed by atoms with Crippen LogP contribution in [0, 0.1) is 33.6 Å². The van der Waals surface area contributed by atoms with Gasteiger partial charge in [-0.2, -0.15) is 4.31 Å². The maximum absolute atomic E-state index is 13.0. The Morgan fingerprint density at radius 1 is 1.19 bits per heavy atom. The lowest BCUT2D eigenvalue weighted by atomic mass is 9.99. The molecule has 11 heteroatoms. The van der Waals surface area contributed by atoms with Crippen molar-refractivity contribution in [3.05, 3.63) is 40.8 Å². The van der Waals surface area contributed by atoms with Crippen LogP contribution in [-0.2, 0) is 19.6 Å². The molecule has 32 heavy (non-hydrogen) atoms. The minimum absolute atomic E-state index is 0.0125. The number of nitrogens with zero attached hydrogens (tertiary/aromatic N) is 2. The summed E-state index contributed by atoms with van der Waals surface area (Å²) in [6, 6.07) is 5.85. The molecule has 2 heterocycles. The molecule has 0 radical (unpaired) electrons. The van der Waals surface area contributed by atoms with Crippen LogP contribution in [-0.4, -0.2) is 49.3 Å². The molecule has 3 rings (SSSR count). The van der Waals surface area contributed by atoms with Crippen molar-refractivity contribution in [2.45, 2.75) is 45.4 Å². The zero-order chi connectivity index (χ0) is 23.5. The van der Waals surface area contributed by atoms with Gasteiger partial charge in [-0.25, -0.2) is 8.42 Å². The van der Waals surface area contributed by atoms with Crippen LogP contribution in [0.4, 0.5) is 5.69 Å². The van der Waals surface area contributed by atoms with Crippen molar-refractivity contribution in [3.63, 3.8) is 0 Å². The standard InChI is InChI=1S/C21H29N5O5S/c1-13-7-8-18(14(2)10-13)22-11-19(27)23-24-21(28)17-6-5-9-26(12-17)32(29,30)20-15(3)25-31-16(20)4/h7-8,10,17,22H,5-6,9,11-12H2,1-4H3,(H,23,27)(H,24,28). The zero-order valence-corrected chi connectivity index (χ0v) is 19.5. The van der Waals surface area contributed by atoms with Crippen molar-refractivity contribution in [2.75, 3.05) is 25.0 Å². The predicted octanol–water partition coefficient (Wildman–Crippen LogP) is 1.57. The number of rotatable bonds is 6. The maximum Gasteiger partial charge on any atom is 0.257 e. The number of carbonyl (C=O) groups excluding carboxylic acids is 2. The van der Waals surface area contributed by atoms with Crippen LogP contribution in [0.5, 0.6) is 0 Å². The number of piperidine rings is 1. The molecule has 2 amide bonds. The molecule has 1 aliphatic heterocycles. The molecule has 1 fully saturated rings. The third-order valence-corrected chi connectivity index (χ3v) is 7.58. The second-order valence-electron chi connectivity index (χ2n) is 8.06. The van der Waals surface area contributed by atoms with Gasteiger partial charge in [0.1, 0.15) is 10.6 Å². The Bertz CT molecular complexity index is 1090. The van der Waals surface area contributed by atoms with Crippen LogP contribution in [0.25, 0.3) is 0 Å². The average molecular weight is 464 g/mol. The number of hydrogen-bond acceptors (Lipinski definition) is 7. The summed E-state index contributed by atoms with van der Waals surface area (Å²) in [5, 5.41) is 6.75. The van der Waals surface area contributed by atoms with Gasteiger partial charge in [-0.3, -0.25) is 20.4 Å². The summed E-state index contributed by atoms with van der Waals surface area (Å²) in [7, 11) is -3.82. The number of amides is 2. The molecule has 0 saturated carbocycles. The van der Waals surface area contributed by atoms with Crippen LogP contribution >= 0.6 is 0 Å². The Morgan fingerprint density at radius 2 is 1.94 bits per heavy atom. The van der Waals surface area contributed by atoms with Gasteiger partial charge in [0.05, 0.1) is 12.5 Å². The third kappa shape index (κ3) is 5.28. The van der Waals surface area contributed by atoms with Crippen molar-refractivity contribution >= 4 is 27.5 Å². The van der Waals surface area contributed by atoms with Crippen molar-refractivity contribution in [3.8, 4) is 0 Å². The van der Waals surface area contributed by atoms with Crippen molar-refractivity contribution in [1.29, 1.82) is 0 Å². The number of carbonyl (C=O) groups is 2. The first-order valence-electron chi connectivity index (χ1n) is 10.4. The molecule has 0 aliphatic carbocycles. The SMILES string of the molecule is Cc1ccc(NCC(=O)NNC(=O)C2CCCN(S(=O)(=O)c3c(C)noc3C)C2)c(C)c1. The van der Waals surface area contributed by atoms with Crippen molar-refractivity contribution < 1.29 is 22.5 Å². The number of aryl methyl sites for hydroxylation is 4. The number of nitrogens with one attached hydrogen (secondary N) is 3. The number of sulfonamides is 1. The molecule has 10 nitrogen and oxygen atoms in total. The molecule has 1 aromatic carbocycles. The average Bonchev–Trinajstić information content (AvgIpc) is 3.10. The normalized spacial score (nSPS) is 17.1. The van der Waals surface area contributed by atoms with Crippen LogP contribution in [0.3, 0.4) is 0 Å². The monoisotopic (exact) mass is 463 g/mol. The van der Waals surface area contributed by atoms with Gasteiger partial charge in [-0.1, -0.05) is 22.9 Å². The summed E-state index contributed by atoms with van der Waals surface area (Å²) < 4.78 is 32.3. The van der Waals surface area contributed by atoms with Gasteiger partial charge >= 0.3 is 0 Å². The first-order chi connectivity index (χ1) is 15.1. The number of hydrogen-bond donors (Lipinski definition) is 3. The van der Waals surface area contributed by atoms with E-state index >= 15 is 0 Å². The fourth-order valence-corrected chi connectivity index (χ4v) is 5.63. The topological polar surface area (TPSA) is 134 Å². The Balaban J connectivity index is 1.53. The summed E-state index contributed by atoms with van der Waals surface area (Å²) >= 11 is 0. The Kier molecular flexibility index (Phi) is 7.19. The van der Waals surface area contributed by atoms with E-state index in [1.165, 1.54) is 4.31 Å². The third-order valence-electron chi connectivity index (χ3n) is 5.47. The van der Waals surface area contributed by atoms with E-state index in [0.717, 1.165) is 16.8 Å². The first kappa shape index (κ1) is 23.7. The fourth-order valence-electron chi connectivity index (χ4n) is 3.81. The van der Waals surface area contributed by atoms with E-state index in [0.29, 0.717) is 19.4 Å². The van der Waals surface area contributed by atoms with Gasteiger partial charge in [-0.05, 0) is 52.2 Å². The van der Waals surface area contributed by atoms with E-state index in [1.807, 2.05) is 32.0 Å². The molecule has 2 aromatic rings. The van der Waals surface area contributed by atoms with Crippen molar-refractivity contribution in [1.82, 2.24) is 20.3 Å². The molecular weight excluding hydrogens is 434 g/mol. The molecule has 0 spiro atoms. The molecule has 1 aromatic heterocycles. The summed E-state index contributed by atoms with van der Waals surface area (Å²) in [6.45, 7) is 7.37. The van der Waals surface area contributed by atoms with E-state index in [4.69, 9.17) is 4.52 Å². The summed E-state index contributed by atoms with van der Waals surface area (Å²) in [4.78, 5) is 24.7. The minimum Gasteiger partial charge on any atom is -0.376 e. The number of hydrazine groups is 1. The van der Waals surface area contributed by atoms with Gasteiger partial charge in [0.2, 0.25) is 15.9 Å². The lowest BCUT2D eigenvalue weighted by molar-refractivity contribution is -0.131. The van der Waals surface area contributed by atoms with Gasteiger partial charge in [0.15, 0.2) is 5.76 Å². The number of benzene rings is 1. The van der Waals surface area contributed by atoms with Crippen molar-refractivity contribution in [2.24, 2.45) is 5.92 Å². The second kappa shape index (κ2) is 9.70. The van der Waals surface area contributed by atoms with E-state index < -0.39 is 27.8 Å². The lowest BCUT2D eigenvalue weighted by Gasteiger charge is -2.31. The summed E-state index contributed by atoms with van der Waals surface area (Å²) in [5.41, 5.74) is 8.07. The first-order valence-corrected chi connectivity index (χ1v) is 11.9. The van der Waals surface area contributed by atoms with Gasteiger partial charge in [0, 0.05) is 18.8 Å². The zero-order valence-electron chi connectivity index (χ0n) is 18.7. The van der Waals surface area contributed by atoms with Gasteiger partial charge in [0.25, 0.3) is 5.91 Å². The molecule has 174 valence electrons. The minimum atomic E-state index is -3.82. The second-order valence-corrected chi connectivity index (χ2v) is 9.94. The summed E-state index contributed by atoms with van der Waals surface area (Å²) in [5.74, 6) is -1.19. The van der Waals surface area contributed by atoms with Crippen LogP contribution in [0.1, 0.15) is 35.4 Å².